The van der Waals surface area contributed by atoms with Gasteiger partial charge in [-0.1, -0.05) is 30.3 Å². The molecule has 18 heavy (non-hydrogen) atoms. The summed E-state index contributed by atoms with van der Waals surface area (Å²) in [7, 11) is 1.15. The van der Waals surface area contributed by atoms with E-state index in [9.17, 15) is 14.4 Å². The molecule has 2 atom stereocenters. The Labute approximate surface area is 104 Å². The van der Waals surface area contributed by atoms with Crippen LogP contribution in [0.15, 0.2) is 30.3 Å². The molecule has 5 nitrogen and oxygen atoms in total. The van der Waals surface area contributed by atoms with Gasteiger partial charge < -0.3 is 9.47 Å². The maximum absolute atomic E-state index is 12.1. The van der Waals surface area contributed by atoms with Crippen molar-refractivity contribution in [2.75, 3.05) is 7.11 Å². The highest BCUT2D eigenvalue weighted by molar-refractivity contribution is 6.18. The van der Waals surface area contributed by atoms with Crippen molar-refractivity contribution in [3.63, 3.8) is 0 Å². The first-order valence-electron chi connectivity index (χ1n) is 5.40. The summed E-state index contributed by atoms with van der Waals surface area (Å²) in [5.41, 5.74) is -1.35. The molecule has 0 saturated carbocycles. The fourth-order valence-electron chi connectivity index (χ4n) is 1.86. The number of methoxy groups -OCH3 is 1. The maximum Gasteiger partial charge on any atom is 0.349 e. The molecule has 1 aromatic carbocycles. The monoisotopic (exact) mass is 248 g/mol. The van der Waals surface area contributed by atoms with Crippen LogP contribution >= 0.6 is 0 Å². The summed E-state index contributed by atoms with van der Waals surface area (Å²) >= 11 is 0. The Bertz CT molecular complexity index is 507. The highest BCUT2D eigenvalue weighted by Crippen LogP contribution is 2.40. The summed E-state index contributed by atoms with van der Waals surface area (Å²) in [5, 5.41) is 0. The average Bonchev–Trinajstić information content (AvgIpc) is 3.14. The van der Waals surface area contributed by atoms with Crippen molar-refractivity contribution in [2.24, 2.45) is 0 Å². The van der Waals surface area contributed by atoms with Gasteiger partial charge in [0.15, 0.2) is 17.7 Å². The number of carbonyl (C=O) groups excluding carboxylic acids is 3. The number of Topliss-reactive ketones (excluding diaryl/α,β-unsaturated/α-hetero) is 2. The Morgan fingerprint density at radius 3 is 2.33 bits per heavy atom. The Hall–Kier alpha value is -2.01. The number of benzene rings is 1. The van der Waals surface area contributed by atoms with E-state index >= 15 is 0 Å². The van der Waals surface area contributed by atoms with Gasteiger partial charge in [-0.2, -0.15) is 0 Å². The van der Waals surface area contributed by atoms with Gasteiger partial charge in [0.05, 0.1) is 7.11 Å². The first kappa shape index (κ1) is 12.4. The minimum atomic E-state index is -1.75. The Balaban J connectivity index is 2.26. The van der Waals surface area contributed by atoms with Crippen molar-refractivity contribution in [2.45, 2.75) is 18.6 Å². The van der Waals surface area contributed by atoms with E-state index in [2.05, 4.69) is 4.74 Å². The molecule has 5 heteroatoms. The van der Waals surface area contributed by atoms with Crippen LogP contribution in [0, 0.1) is 0 Å². The molecule has 0 unspecified atom stereocenters. The largest absolute Gasteiger partial charge is 0.466 e. The highest BCUT2D eigenvalue weighted by Gasteiger charge is 2.70. The van der Waals surface area contributed by atoms with E-state index in [4.69, 9.17) is 4.74 Å². The van der Waals surface area contributed by atoms with Crippen LogP contribution in [0.2, 0.25) is 0 Å². The predicted octanol–water partition coefficient (Wildman–Crippen LogP) is 0.769. The van der Waals surface area contributed by atoms with E-state index in [0.29, 0.717) is 5.56 Å². The number of esters is 1. The van der Waals surface area contributed by atoms with Gasteiger partial charge in [0.25, 0.3) is 5.60 Å². The lowest BCUT2D eigenvalue weighted by atomic mass is 9.95. The second kappa shape index (κ2) is 4.34. The fourth-order valence-corrected chi connectivity index (χ4v) is 1.86. The third kappa shape index (κ3) is 1.73. The number of hydrogen-bond acceptors (Lipinski definition) is 5. The van der Waals surface area contributed by atoms with E-state index in [-0.39, 0.29) is 0 Å². The summed E-state index contributed by atoms with van der Waals surface area (Å²) in [4.78, 5) is 35.1. The van der Waals surface area contributed by atoms with Gasteiger partial charge in [-0.25, -0.2) is 4.79 Å². The van der Waals surface area contributed by atoms with Crippen LogP contribution in [0.3, 0.4) is 0 Å². The zero-order chi connectivity index (χ0) is 13.3. The molecule has 0 bridgehead atoms. The van der Waals surface area contributed by atoms with Crippen molar-refractivity contribution in [3.8, 4) is 0 Å². The molecular formula is C13H12O5. The molecule has 0 radical (unpaired) electrons. The van der Waals surface area contributed by atoms with Gasteiger partial charge in [0, 0.05) is 5.56 Å². The number of epoxide rings is 1. The first-order valence-corrected chi connectivity index (χ1v) is 5.40. The van der Waals surface area contributed by atoms with E-state index in [0.717, 1.165) is 7.11 Å². The van der Waals surface area contributed by atoms with Gasteiger partial charge in [-0.05, 0) is 6.92 Å². The third-order valence-electron chi connectivity index (χ3n) is 2.92. The molecule has 1 heterocycles. The normalized spacial score (nSPS) is 25.3. The molecule has 1 fully saturated rings. The summed E-state index contributed by atoms with van der Waals surface area (Å²) in [6.45, 7) is 1.20. The van der Waals surface area contributed by atoms with Crippen LogP contribution in [0.1, 0.15) is 17.3 Å². The minimum absolute atomic E-state index is 0.392. The third-order valence-corrected chi connectivity index (χ3v) is 2.92. The molecule has 0 amide bonds. The van der Waals surface area contributed by atoms with Crippen LogP contribution in [-0.4, -0.2) is 36.4 Å². The molecule has 1 aliphatic heterocycles. The Morgan fingerprint density at radius 2 is 1.83 bits per heavy atom. The topological polar surface area (TPSA) is 73.0 Å². The minimum Gasteiger partial charge on any atom is -0.466 e. The van der Waals surface area contributed by atoms with Crippen LogP contribution in [0.25, 0.3) is 0 Å². The molecule has 0 aromatic heterocycles. The number of ether oxygens (including phenoxy) is 2. The van der Waals surface area contributed by atoms with E-state index < -0.39 is 29.2 Å². The molecule has 0 spiro atoms. The lowest BCUT2D eigenvalue weighted by Crippen LogP contribution is -2.38. The molecular weight excluding hydrogens is 236 g/mol. The standard InChI is InChI=1S/C13H12O5/c1-8(14)13(12(16)17-2)11(18-13)10(15)9-6-4-3-5-7-9/h3-7,11H,1-2H3/t11-,13+/m0/s1. The summed E-state index contributed by atoms with van der Waals surface area (Å²) in [6.07, 6.45) is -1.08. The average molecular weight is 248 g/mol. The zero-order valence-electron chi connectivity index (χ0n) is 10.0. The van der Waals surface area contributed by atoms with Gasteiger partial charge >= 0.3 is 5.97 Å². The maximum atomic E-state index is 12.1. The van der Waals surface area contributed by atoms with Gasteiger partial charge in [-0.3, -0.25) is 9.59 Å². The quantitative estimate of drug-likeness (QED) is 0.340. The van der Waals surface area contributed by atoms with Crippen LogP contribution < -0.4 is 0 Å². The number of ketones is 2. The SMILES string of the molecule is COC(=O)[C@]1(C(C)=O)O[C@H]1C(=O)c1ccccc1. The second-order valence-corrected chi connectivity index (χ2v) is 4.01. The van der Waals surface area contributed by atoms with Gasteiger partial charge in [0.1, 0.15) is 0 Å². The molecule has 2 rings (SSSR count). The molecule has 0 N–H and O–H groups in total. The number of hydrogen-bond donors (Lipinski definition) is 0. The predicted molar refractivity (Wildman–Crippen MR) is 61.1 cm³/mol. The van der Waals surface area contributed by atoms with Crippen molar-refractivity contribution in [1.82, 2.24) is 0 Å². The summed E-state index contributed by atoms with van der Waals surface area (Å²) < 4.78 is 9.58. The Morgan fingerprint density at radius 1 is 1.22 bits per heavy atom. The van der Waals surface area contributed by atoms with Crippen molar-refractivity contribution >= 4 is 17.5 Å². The first-order chi connectivity index (χ1) is 8.54. The number of rotatable bonds is 4. The summed E-state index contributed by atoms with van der Waals surface area (Å²) in [5.74, 6) is -1.75. The molecule has 1 aromatic rings. The smallest absolute Gasteiger partial charge is 0.349 e. The van der Waals surface area contributed by atoms with Crippen molar-refractivity contribution in [1.29, 1.82) is 0 Å². The lowest BCUT2D eigenvalue weighted by molar-refractivity contribution is -0.150. The fraction of sp³-hybridized carbons (Fsp3) is 0.308. The van der Waals surface area contributed by atoms with E-state index in [1.165, 1.54) is 6.92 Å². The van der Waals surface area contributed by atoms with Gasteiger partial charge in [-0.15, -0.1) is 0 Å². The van der Waals surface area contributed by atoms with Crippen LogP contribution in [0.5, 0.6) is 0 Å². The van der Waals surface area contributed by atoms with Crippen LogP contribution in [-0.2, 0) is 19.1 Å². The molecule has 1 aliphatic rings. The van der Waals surface area contributed by atoms with Gasteiger partial charge in [0.2, 0.25) is 0 Å². The van der Waals surface area contributed by atoms with Crippen molar-refractivity contribution in [3.05, 3.63) is 35.9 Å². The van der Waals surface area contributed by atoms with E-state index in [1.807, 2.05) is 0 Å². The molecule has 94 valence electrons. The highest BCUT2D eigenvalue weighted by atomic mass is 16.7. The lowest BCUT2D eigenvalue weighted by Gasteiger charge is -2.05. The molecule has 0 aliphatic carbocycles. The zero-order valence-corrected chi connectivity index (χ0v) is 10.0. The van der Waals surface area contributed by atoms with Crippen LogP contribution in [0.4, 0.5) is 0 Å². The number of carbonyl (C=O) groups is 3. The van der Waals surface area contributed by atoms with E-state index in [1.54, 1.807) is 30.3 Å². The second-order valence-electron chi connectivity index (χ2n) is 4.01. The summed E-state index contributed by atoms with van der Waals surface area (Å²) in [6, 6.07) is 8.37. The Kier molecular flexibility index (Phi) is 3.00. The molecule has 1 saturated heterocycles. The van der Waals surface area contributed by atoms with Crippen molar-refractivity contribution < 1.29 is 23.9 Å².